The van der Waals surface area contributed by atoms with Gasteiger partial charge >= 0.3 is 0 Å². The lowest BCUT2D eigenvalue weighted by atomic mass is 9.92. The first kappa shape index (κ1) is 14.3. The lowest BCUT2D eigenvalue weighted by molar-refractivity contribution is -0.385. The number of benzene rings is 1. The zero-order valence-corrected chi connectivity index (χ0v) is 11.7. The summed E-state index contributed by atoms with van der Waals surface area (Å²) < 4.78 is 0. The number of nitriles is 1. The van der Waals surface area contributed by atoms with Gasteiger partial charge in [0.2, 0.25) is 0 Å². The highest BCUT2D eigenvalue weighted by Crippen LogP contribution is 2.29. The monoisotopic (exact) mass is 273 g/mol. The second-order valence-electron chi connectivity index (χ2n) is 5.29. The van der Waals surface area contributed by atoms with E-state index in [0.29, 0.717) is 0 Å². The molecule has 1 heterocycles. The van der Waals surface area contributed by atoms with E-state index in [-0.39, 0.29) is 11.3 Å². The molecule has 106 valence electrons. The van der Waals surface area contributed by atoms with Crippen LogP contribution in [0.3, 0.4) is 0 Å². The lowest BCUT2D eigenvalue weighted by Crippen LogP contribution is -2.33. The third-order valence-corrected chi connectivity index (χ3v) is 3.97. The van der Waals surface area contributed by atoms with Gasteiger partial charge in [0.15, 0.2) is 0 Å². The van der Waals surface area contributed by atoms with Crippen LogP contribution in [-0.2, 0) is 0 Å². The maximum Gasteiger partial charge on any atom is 0.287 e. The summed E-state index contributed by atoms with van der Waals surface area (Å²) in [6.07, 6.45) is 4.82. The highest BCUT2D eigenvalue weighted by atomic mass is 16.6. The first-order chi connectivity index (χ1) is 9.65. The topological polar surface area (TPSA) is 70.2 Å². The zero-order chi connectivity index (χ0) is 14.5. The Morgan fingerprint density at radius 1 is 1.45 bits per heavy atom. The molecule has 1 aromatic carbocycles. The number of nitrogens with zero attached hydrogens (tertiary/aromatic N) is 3. The van der Waals surface area contributed by atoms with Crippen LogP contribution in [0.4, 0.5) is 11.4 Å². The number of nitro benzene ring substituents is 1. The minimum Gasteiger partial charge on any atom is -0.371 e. The van der Waals surface area contributed by atoms with E-state index in [9.17, 15) is 10.1 Å². The molecule has 0 aliphatic carbocycles. The van der Waals surface area contributed by atoms with Crippen LogP contribution in [0.1, 0.15) is 38.2 Å². The summed E-state index contributed by atoms with van der Waals surface area (Å²) in [4.78, 5) is 12.5. The minimum atomic E-state index is -0.504. The van der Waals surface area contributed by atoms with Gasteiger partial charge in [-0.2, -0.15) is 5.26 Å². The predicted molar refractivity (Wildman–Crippen MR) is 77.7 cm³/mol. The van der Waals surface area contributed by atoms with E-state index in [0.717, 1.165) is 37.5 Å². The van der Waals surface area contributed by atoms with Gasteiger partial charge in [-0.15, -0.1) is 0 Å². The maximum absolute atomic E-state index is 10.8. The molecule has 0 radical (unpaired) electrons. The molecular weight excluding hydrogens is 254 g/mol. The van der Waals surface area contributed by atoms with Gasteiger partial charge in [-0.3, -0.25) is 10.1 Å². The summed E-state index contributed by atoms with van der Waals surface area (Å²) in [5, 5.41) is 19.9. The molecule has 5 heteroatoms. The van der Waals surface area contributed by atoms with Gasteiger partial charge in [-0.05, 0) is 30.9 Å². The summed E-state index contributed by atoms with van der Waals surface area (Å²) in [5.41, 5.74) is 0.947. The SMILES string of the molecule is CCCC1CCN(c2ccc([N+](=O)[O-])c(C#N)c2)CC1. The van der Waals surface area contributed by atoms with E-state index in [2.05, 4.69) is 11.8 Å². The third kappa shape index (κ3) is 3.08. The van der Waals surface area contributed by atoms with Gasteiger partial charge in [0.05, 0.1) is 4.92 Å². The number of hydrogen-bond acceptors (Lipinski definition) is 4. The van der Waals surface area contributed by atoms with Crippen LogP contribution in [0.15, 0.2) is 18.2 Å². The van der Waals surface area contributed by atoms with Crippen molar-refractivity contribution in [3.05, 3.63) is 33.9 Å². The first-order valence-corrected chi connectivity index (χ1v) is 7.09. The van der Waals surface area contributed by atoms with E-state index in [4.69, 9.17) is 5.26 Å². The average Bonchev–Trinajstić information content (AvgIpc) is 2.47. The molecule has 0 amide bonds. The summed E-state index contributed by atoms with van der Waals surface area (Å²) in [7, 11) is 0. The summed E-state index contributed by atoms with van der Waals surface area (Å²) in [6.45, 7) is 4.14. The van der Waals surface area contributed by atoms with Crippen molar-refractivity contribution in [2.24, 2.45) is 5.92 Å². The van der Waals surface area contributed by atoms with Crippen molar-refractivity contribution in [1.82, 2.24) is 0 Å². The number of hydrogen-bond donors (Lipinski definition) is 0. The van der Waals surface area contributed by atoms with Gasteiger partial charge in [-0.1, -0.05) is 19.8 Å². The second-order valence-corrected chi connectivity index (χ2v) is 5.29. The van der Waals surface area contributed by atoms with Gasteiger partial charge in [0.25, 0.3) is 5.69 Å². The molecule has 1 aliphatic rings. The molecule has 0 spiro atoms. The summed E-state index contributed by atoms with van der Waals surface area (Å²) in [6, 6.07) is 6.74. The maximum atomic E-state index is 10.8. The van der Waals surface area contributed by atoms with Gasteiger partial charge < -0.3 is 4.90 Å². The Bertz CT molecular complexity index is 528. The molecule has 0 N–H and O–H groups in total. The Morgan fingerprint density at radius 3 is 2.70 bits per heavy atom. The molecule has 2 rings (SSSR count). The van der Waals surface area contributed by atoms with Crippen LogP contribution >= 0.6 is 0 Å². The Hall–Kier alpha value is -2.09. The minimum absolute atomic E-state index is 0.114. The Labute approximate surface area is 119 Å². The highest BCUT2D eigenvalue weighted by molar-refractivity contribution is 5.60. The largest absolute Gasteiger partial charge is 0.371 e. The van der Waals surface area contributed by atoms with Crippen LogP contribution in [0.5, 0.6) is 0 Å². The van der Waals surface area contributed by atoms with E-state index < -0.39 is 4.92 Å². The normalized spacial score (nSPS) is 15.9. The van der Waals surface area contributed by atoms with Crippen molar-refractivity contribution >= 4 is 11.4 Å². The zero-order valence-electron chi connectivity index (χ0n) is 11.7. The lowest BCUT2D eigenvalue weighted by Gasteiger charge is -2.33. The number of anilines is 1. The van der Waals surface area contributed by atoms with E-state index >= 15 is 0 Å². The molecule has 1 aromatic rings. The van der Waals surface area contributed by atoms with Crippen molar-refractivity contribution in [1.29, 1.82) is 5.26 Å². The second kappa shape index (κ2) is 6.38. The Morgan fingerprint density at radius 2 is 2.15 bits per heavy atom. The fraction of sp³-hybridized carbons (Fsp3) is 0.533. The van der Waals surface area contributed by atoms with Gasteiger partial charge in [-0.25, -0.2) is 0 Å². The number of piperidine rings is 1. The quantitative estimate of drug-likeness (QED) is 0.622. The molecule has 0 aromatic heterocycles. The number of rotatable bonds is 4. The standard InChI is InChI=1S/C15H19N3O2/c1-2-3-12-6-8-17(9-7-12)14-4-5-15(18(19)20)13(10-14)11-16/h4-5,10,12H,2-3,6-9H2,1H3. The van der Waals surface area contributed by atoms with Crippen molar-refractivity contribution in [2.75, 3.05) is 18.0 Å². The van der Waals surface area contributed by atoms with Crippen molar-refractivity contribution in [2.45, 2.75) is 32.6 Å². The predicted octanol–water partition coefficient (Wildman–Crippen LogP) is 3.48. The van der Waals surface area contributed by atoms with Crippen molar-refractivity contribution in [3.8, 4) is 6.07 Å². The fourth-order valence-corrected chi connectivity index (χ4v) is 2.86. The van der Waals surface area contributed by atoms with Crippen molar-refractivity contribution in [3.63, 3.8) is 0 Å². The van der Waals surface area contributed by atoms with Crippen LogP contribution in [0, 0.1) is 27.4 Å². The molecule has 0 saturated carbocycles. The van der Waals surface area contributed by atoms with Crippen LogP contribution < -0.4 is 4.90 Å². The van der Waals surface area contributed by atoms with Crippen molar-refractivity contribution < 1.29 is 4.92 Å². The highest BCUT2D eigenvalue weighted by Gasteiger charge is 2.21. The Balaban J connectivity index is 2.11. The third-order valence-electron chi connectivity index (χ3n) is 3.97. The van der Waals surface area contributed by atoms with Crippen LogP contribution in [-0.4, -0.2) is 18.0 Å². The van der Waals surface area contributed by atoms with Gasteiger partial charge in [0, 0.05) is 24.8 Å². The van der Waals surface area contributed by atoms with E-state index in [1.807, 2.05) is 6.07 Å². The molecule has 1 saturated heterocycles. The molecule has 5 nitrogen and oxygen atoms in total. The Kier molecular flexibility index (Phi) is 4.57. The van der Waals surface area contributed by atoms with Crippen LogP contribution in [0.25, 0.3) is 0 Å². The number of nitro groups is 1. The molecule has 0 atom stereocenters. The smallest absolute Gasteiger partial charge is 0.287 e. The fourth-order valence-electron chi connectivity index (χ4n) is 2.86. The molecular formula is C15H19N3O2. The molecule has 0 bridgehead atoms. The van der Waals surface area contributed by atoms with E-state index in [1.54, 1.807) is 12.1 Å². The molecule has 1 aliphatic heterocycles. The first-order valence-electron chi connectivity index (χ1n) is 7.09. The summed E-state index contributed by atoms with van der Waals surface area (Å²) in [5.74, 6) is 0.796. The average molecular weight is 273 g/mol. The molecule has 1 fully saturated rings. The van der Waals surface area contributed by atoms with E-state index in [1.165, 1.54) is 18.9 Å². The van der Waals surface area contributed by atoms with Gasteiger partial charge in [0.1, 0.15) is 11.6 Å². The van der Waals surface area contributed by atoms with Crippen LogP contribution in [0.2, 0.25) is 0 Å². The summed E-state index contributed by atoms with van der Waals surface area (Å²) >= 11 is 0. The molecule has 0 unspecified atom stereocenters. The molecule has 20 heavy (non-hydrogen) atoms.